The Morgan fingerprint density at radius 1 is 1.29 bits per heavy atom. The van der Waals surface area contributed by atoms with Crippen molar-refractivity contribution in [3.63, 3.8) is 0 Å². The van der Waals surface area contributed by atoms with E-state index >= 15 is 0 Å². The van der Waals surface area contributed by atoms with E-state index in [4.69, 9.17) is 5.73 Å². The molecule has 1 aliphatic heterocycles. The molecule has 0 saturated heterocycles. The van der Waals surface area contributed by atoms with Gasteiger partial charge >= 0.3 is 0 Å². The van der Waals surface area contributed by atoms with Crippen LogP contribution in [-0.4, -0.2) is 21.1 Å². The van der Waals surface area contributed by atoms with Gasteiger partial charge in [-0.3, -0.25) is 0 Å². The number of nitrogen functional groups attached to an aromatic ring is 1. The second-order valence-corrected chi connectivity index (χ2v) is 4.94. The van der Waals surface area contributed by atoms with Gasteiger partial charge in [-0.1, -0.05) is 0 Å². The minimum absolute atomic E-state index is 0.694. The van der Waals surface area contributed by atoms with Crippen molar-refractivity contribution in [1.29, 1.82) is 0 Å². The Kier molecular flexibility index (Phi) is 2.51. The number of halogens is 1. The first-order valence-electron chi connectivity index (χ1n) is 5.40. The van der Waals surface area contributed by atoms with E-state index in [1.807, 2.05) is 18.5 Å². The quantitative estimate of drug-likeness (QED) is 0.868. The highest BCUT2D eigenvalue weighted by molar-refractivity contribution is 9.10. The number of aromatic nitrogens is 3. The van der Waals surface area contributed by atoms with E-state index in [1.165, 1.54) is 0 Å². The number of rotatable bonds is 1. The SMILES string of the molecule is Nc1cc(Br)cnc1N1CCn2ccnc2C1. The van der Waals surface area contributed by atoms with E-state index in [0.29, 0.717) is 5.69 Å². The third-order valence-corrected chi connectivity index (χ3v) is 3.34. The smallest absolute Gasteiger partial charge is 0.152 e. The van der Waals surface area contributed by atoms with Crippen LogP contribution in [0.4, 0.5) is 11.5 Å². The molecule has 88 valence electrons. The number of nitrogens with two attached hydrogens (primary N) is 1. The second kappa shape index (κ2) is 4.03. The van der Waals surface area contributed by atoms with Gasteiger partial charge in [0.15, 0.2) is 5.82 Å². The van der Waals surface area contributed by atoms with E-state index in [1.54, 1.807) is 6.20 Å². The van der Waals surface area contributed by atoms with E-state index in [9.17, 15) is 0 Å². The van der Waals surface area contributed by atoms with Crippen LogP contribution in [0.1, 0.15) is 5.82 Å². The molecule has 0 aliphatic carbocycles. The summed E-state index contributed by atoms with van der Waals surface area (Å²) in [6, 6.07) is 1.88. The summed E-state index contributed by atoms with van der Waals surface area (Å²) < 4.78 is 3.06. The average Bonchev–Trinajstić information content (AvgIpc) is 2.75. The van der Waals surface area contributed by atoms with Gasteiger partial charge in [0.05, 0.1) is 12.2 Å². The zero-order chi connectivity index (χ0) is 11.8. The number of anilines is 2. The zero-order valence-electron chi connectivity index (χ0n) is 9.17. The molecule has 0 bridgehead atoms. The van der Waals surface area contributed by atoms with Gasteiger partial charge in [0, 0.05) is 36.2 Å². The molecule has 17 heavy (non-hydrogen) atoms. The molecule has 3 rings (SSSR count). The predicted octanol–water partition coefficient (Wildman–Crippen LogP) is 1.64. The molecule has 2 aromatic heterocycles. The van der Waals surface area contributed by atoms with E-state index < -0.39 is 0 Å². The number of imidazole rings is 1. The fourth-order valence-corrected chi connectivity index (χ4v) is 2.42. The van der Waals surface area contributed by atoms with Crippen molar-refractivity contribution in [2.75, 3.05) is 17.2 Å². The highest BCUT2D eigenvalue weighted by Crippen LogP contribution is 2.26. The van der Waals surface area contributed by atoms with Gasteiger partial charge in [-0.25, -0.2) is 9.97 Å². The molecule has 1 aliphatic rings. The van der Waals surface area contributed by atoms with Gasteiger partial charge in [-0.2, -0.15) is 0 Å². The van der Waals surface area contributed by atoms with Crippen molar-refractivity contribution in [3.8, 4) is 0 Å². The Bertz CT molecular complexity index is 551. The molecule has 0 atom stereocenters. The van der Waals surface area contributed by atoms with Gasteiger partial charge in [0.2, 0.25) is 0 Å². The molecule has 0 amide bonds. The summed E-state index contributed by atoms with van der Waals surface area (Å²) in [5.41, 5.74) is 6.68. The lowest BCUT2D eigenvalue weighted by Gasteiger charge is -2.29. The Balaban J connectivity index is 1.91. The van der Waals surface area contributed by atoms with Crippen LogP contribution in [0.15, 0.2) is 29.1 Å². The monoisotopic (exact) mass is 293 g/mol. The van der Waals surface area contributed by atoms with Gasteiger partial charge in [-0.05, 0) is 22.0 Å². The summed E-state index contributed by atoms with van der Waals surface area (Å²) in [6.07, 6.45) is 5.61. The van der Waals surface area contributed by atoms with Gasteiger partial charge in [-0.15, -0.1) is 0 Å². The van der Waals surface area contributed by atoms with Gasteiger partial charge in [0.25, 0.3) is 0 Å². The molecule has 3 heterocycles. The number of pyridine rings is 1. The van der Waals surface area contributed by atoms with E-state index in [0.717, 1.165) is 35.7 Å². The van der Waals surface area contributed by atoms with Crippen LogP contribution < -0.4 is 10.6 Å². The predicted molar refractivity (Wildman–Crippen MR) is 69.6 cm³/mol. The highest BCUT2D eigenvalue weighted by atomic mass is 79.9. The summed E-state index contributed by atoms with van der Waals surface area (Å²) in [7, 11) is 0. The zero-order valence-corrected chi connectivity index (χ0v) is 10.8. The number of fused-ring (bicyclic) bond motifs is 1. The summed E-state index contributed by atoms with van der Waals surface area (Å²) in [5, 5.41) is 0. The van der Waals surface area contributed by atoms with Crippen LogP contribution in [-0.2, 0) is 13.1 Å². The van der Waals surface area contributed by atoms with E-state index in [2.05, 4.69) is 35.4 Å². The average molecular weight is 294 g/mol. The molecule has 0 unspecified atom stereocenters. The van der Waals surface area contributed by atoms with Crippen LogP contribution in [0, 0.1) is 0 Å². The topological polar surface area (TPSA) is 60.0 Å². The van der Waals surface area contributed by atoms with Crippen molar-refractivity contribution in [3.05, 3.63) is 35.0 Å². The minimum Gasteiger partial charge on any atom is -0.396 e. The van der Waals surface area contributed by atoms with Crippen LogP contribution in [0.25, 0.3) is 0 Å². The Hall–Kier alpha value is -1.56. The van der Waals surface area contributed by atoms with Crippen LogP contribution in [0.5, 0.6) is 0 Å². The Morgan fingerprint density at radius 3 is 3.00 bits per heavy atom. The summed E-state index contributed by atoms with van der Waals surface area (Å²) >= 11 is 3.36. The molecule has 0 saturated carbocycles. The Labute approximate surface area is 107 Å². The molecule has 5 nitrogen and oxygen atoms in total. The molecular formula is C11H12BrN5. The van der Waals surface area contributed by atoms with Crippen molar-refractivity contribution in [1.82, 2.24) is 14.5 Å². The highest BCUT2D eigenvalue weighted by Gasteiger charge is 2.19. The fourth-order valence-electron chi connectivity index (χ4n) is 2.07. The maximum Gasteiger partial charge on any atom is 0.152 e. The molecule has 0 radical (unpaired) electrons. The van der Waals surface area contributed by atoms with Crippen molar-refractivity contribution >= 4 is 27.4 Å². The molecule has 2 aromatic rings. The van der Waals surface area contributed by atoms with Crippen molar-refractivity contribution in [2.45, 2.75) is 13.1 Å². The molecule has 0 fully saturated rings. The maximum absolute atomic E-state index is 5.99. The third kappa shape index (κ3) is 1.88. The molecule has 6 heteroatoms. The van der Waals surface area contributed by atoms with Crippen molar-refractivity contribution < 1.29 is 0 Å². The Morgan fingerprint density at radius 2 is 2.18 bits per heavy atom. The molecule has 0 aromatic carbocycles. The summed E-state index contributed by atoms with van der Waals surface area (Å²) in [4.78, 5) is 10.9. The summed E-state index contributed by atoms with van der Waals surface area (Å²) in [5.74, 6) is 1.89. The summed E-state index contributed by atoms with van der Waals surface area (Å²) in [6.45, 7) is 2.58. The van der Waals surface area contributed by atoms with Crippen molar-refractivity contribution in [2.24, 2.45) is 0 Å². The molecule has 0 spiro atoms. The minimum atomic E-state index is 0.694. The number of nitrogens with zero attached hydrogens (tertiary/aromatic N) is 4. The second-order valence-electron chi connectivity index (χ2n) is 4.02. The number of hydrogen-bond donors (Lipinski definition) is 1. The maximum atomic E-state index is 5.99. The standard InChI is InChI=1S/C11H12BrN5/c12-8-5-9(13)11(15-6-8)17-4-3-16-2-1-14-10(16)7-17/h1-2,5-6H,3-4,7,13H2. The van der Waals surface area contributed by atoms with E-state index in [-0.39, 0.29) is 0 Å². The van der Waals surface area contributed by atoms with Crippen LogP contribution in [0.3, 0.4) is 0 Å². The lowest BCUT2D eigenvalue weighted by atomic mass is 10.3. The van der Waals surface area contributed by atoms with Gasteiger partial charge < -0.3 is 15.2 Å². The normalized spacial score (nSPS) is 14.8. The lowest BCUT2D eigenvalue weighted by Crippen LogP contribution is -2.34. The third-order valence-electron chi connectivity index (χ3n) is 2.91. The first kappa shape index (κ1) is 10.6. The lowest BCUT2D eigenvalue weighted by molar-refractivity contribution is 0.556. The fraction of sp³-hybridized carbons (Fsp3) is 0.273. The molecular weight excluding hydrogens is 282 g/mol. The first-order valence-corrected chi connectivity index (χ1v) is 6.19. The molecule has 2 N–H and O–H groups in total. The number of hydrogen-bond acceptors (Lipinski definition) is 4. The van der Waals surface area contributed by atoms with Crippen LogP contribution in [0.2, 0.25) is 0 Å². The van der Waals surface area contributed by atoms with Gasteiger partial charge in [0.1, 0.15) is 5.82 Å². The van der Waals surface area contributed by atoms with Crippen LogP contribution >= 0.6 is 15.9 Å². The largest absolute Gasteiger partial charge is 0.396 e. The first-order chi connectivity index (χ1) is 8.24.